The van der Waals surface area contributed by atoms with Crippen LogP contribution in [0.3, 0.4) is 0 Å². The van der Waals surface area contributed by atoms with Crippen LogP contribution in [-0.4, -0.2) is 36.3 Å². The van der Waals surface area contributed by atoms with E-state index in [-0.39, 0.29) is 5.72 Å². The second kappa shape index (κ2) is 11.5. The van der Waals surface area contributed by atoms with E-state index in [1.165, 1.54) is 10.5 Å². The van der Waals surface area contributed by atoms with E-state index in [1.54, 1.807) is 12.2 Å². The van der Waals surface area contributed by atoms with Crippen LogP contribution in [0, 0.1) is 6.92 Å². The zero-order valence-corrected chi connectivity index (χ0v) is 16.2. The highest BCUT2D eigenvalue weighted by Gasteiger charge is 2.38. The zero-order valence-electron chi connectivity index (χ0n) is 15.4. The van der Waals surface area contributed by atoms with Gasteiger partial charge in [-0.2, -0.15) is 0 Å². The summed E-state index contributed by atoms with van der Waals surface area (Å²) < 4.78 is 8.29. The first kappa shape index (κ1) is 21.0. The molecule has 4 heteroatoms. The molecule has 134 valence electrons. The maximum Gasteiger partial charge on any atom is 0.121 e. The topological polar surface area (TPSA) is 24.5 Å². The largest absolute Gasteiger partial charge is 0.359 e. The third kappa shape index (κ3) is 6.81. The summed E-state index contributed by atoms with van der Waals surface area (Å²) in [6, 6.07) is 8.76. The van der Waals surface area contributed by atoms with Crippen molar-refractivity contribution >= 4 is 11.9 Å². The van der Waals surface area contributed by atoms with Crippen molar-refractivity contribution in [2.75, 3.05) is 26.2 Å². The molecule has 0 bridgehead atoms. The van der Waals surface area contributed by atoms with Gasteiger partial charge in [0.1, 0.15) is 5.72 Å². The average Bonchev–Trinajstić information content (AvgIpc) is 3.09. The molecule has 2 aliphatic rings. The normalized spacial score (nSPS) is 18.8. The van der Waals surface area contributed by atoms with E-state index in [0.717, 1.165) is 39.1 Å². The Kier molecular flexibility index (Phi) is 10.0. The Morgan fingerprint density at radius 3 is 2.17 bits per heavy atom. The van der Waals surface area contributed by atoms with Crippen LogP contribution in [0.25, 0.3) is 0 Å². The molecule has 1 N–H and O–H groups in total. The standard InChI is InChI=1S/C14H20N2OS.C4H6.C2H6/c1-12-2-4-13(5-3-12)18-16-9-6-14(7-10-16)15-8-11-17-14;1-3-4-2;1-2/h2-5,15H,6-11H2,1H3;3-4H,1-2H2;1-2H3. The molecule has 3 nitrogen and oxygen atoms in total. The number of rotatable bonds is 3. The number of nitrogens with one attached hydrogen (secondary N) is 1. The Morgan fingerprint density at radius 1 is 1.12 bits per heavy atom. The number of benzene rings is 1. The van der Waals surface area contributed by atoms with Crippen LogP contribution in [0.4, 0.5) is 0 Å². The molecule has 0 atom stereocenters. The minimum Gasteiger partial charge on any atom is -0.359 e. The second-order valence-electron chi connectivity index (χ2n) is 5.57. The molecular weight excluding hydrogens is 316 g/mol. The lowest BCUT2D eigenvalue weighted by atomic mass is 10.0. The zero-order chi connectivity index (χ0) is 17.8. The predicted octanol–water partition coefficient (Wildman–Crippen LogP) is 4.80. The molecule has 1 spiro atoms. The van der Waals surface area contributed by atoms with Gasteiger partial charge >= 0.3 is 0 Å². The highest BCUT2D eigenvalue weighted by molar-refractivity contribution is 7.97. The molecule has 2 saturated heterocycles. The number of ether oxygens (including phenoxy) is 1. The summed E-state index contributed by atoms with van der Waals surface area (Å²) in [7, 11) is 0. The number of hydrogen-bond donors (Lipinski definition) is 1. The molecule has 0 radical (unpaired) electrons. The molecule has 0 saturated carbocycles. The Balaban J connectivity index is 0.000000423. The SMILES string of the molecule is C=CC=C.CC.Cc1ccc(SN2CCC3(CC2)NCCO3)cc1. The van der Waals surface area contributed by atoms with Gasteiger partial charge in [0.2, 0.25) is 0 Å². The molecule has 2 fully saturated rings. The molecule has 0 aromatic heterocycles. The second-order valence-corrected chi connectivity index (χ2v) is 6.74. The Bertz CT molecular complexity index is 465. The van der Waals surface area contributed by atoms with E-state index in [9.17, 15) is 0 Å². The van der Waals surface area contributed by atoms with Gasteiger partial charge in [0.15, 0.2) is 0 Å². The summed E-state index contributed by atoms with van der Waals surface area (Å²) in [5, 5.41) is 3.51. The van der Waals surface area contributed by atoms with Crippen LogP contribution in [0.1, 0.15) is 32.3 Å². The summed E-state index contributed by atoms with van der Waals surface area (Å²) in [5.74, 6) is 0. The molecule has 0 unspecified atom stereocenters. The lowest BCUT2D eigenvalue weighted by Gasteiger charge is -2.37. The van der Waals surface area contributed by atoms with Crippen molar-refractivity contribution in [3.8, 4) is 0 Å². The van der Waals surface area contributed by atoms with E-state index >= 15 is 0 Å². The van der Waals surface area contributed by atoms with Crippen molar-refractivity contribution in [3.05, 3.63) is 55.1 Å². The predicted molar refractivity (Wildman–Crippen MR) is 106 cm³/mol. The van der Waals surface area contributed by atoms with E-state index in [0.29, 0.717) is 0 Å². The summed E-state index contributed by atoms with van der Waals surface area (Å²) in [4.78, 5) is 1.33. The summed E-state index contributed by atoms with van der Waals surface area (Å²) >= 11 is 1.87. The summed E-state index contributed by atoms with van der Waals surface area (Å²) in [5.41, 5.74) is 1.31. The Hall–Kier alpha value is -1.07. The molecule has 0 aliphatic carbocycles. The smallest absolute Gasteiger partial charge is 0.121 e. The van der Waals surface area contributed by atoms with E-state index in [1.807, 2.05) is 25.8 Å². The van der Waals surface area contributed by atoms with Crippen molar-refractivity contribution in [3.63, 3.8) is 0 Å². The van der Waals surface area contributed by atoms with Crippen molar-refractivity contribution in [1.82, 2.24) is 9.62 Å². The molecule has 24 heavy (non-hydrogen) atoms. The first-order chi connectivity index (χ1) is 11.7. The van der Waals surface area contributed by atoms with Gasteiger partial charge in [-0.05, 0) is 31.0 Å². The van der Waals surface area contributed by atoms with Crippen molar-refractivity contribution in [1.29, 1.82) is 0 Å². The van der Waals surface area contributed by atoms with Crippen LogP contribution in [0.5, 0.6) is 0 Å². The van der Waals surface area contributed by atoms with Crippen LogP contribution in [0.2, 0.25) is 0 Å². The molecule has 2 aliphatic heterocycles. The maximum atomic E-state index is 5.85. The van der Waals surface area contributed by atoms with Crippen LogP contribution in [-0.2, 0) is 4.74 Å². The van der Waals surface area contributed by atoms with E-state index < -0.39 is 0 Å². The van der Waals surface area contributed by atoms with Crippen LogP contribution >= 0.6 is 11.9 Å². The molecule has 1 aromatic carbocycles. The van der Waals surface area contributed by atoms with Gasteiger partial charge in [-0.25, -0.2) is 4.31 Å². The third-order valence-corrected chi connectivity index (χ3v) is 4.99. The first-order valence-electron chi connectivity index (χ1n) is 8.79. The first-order valence-corrected chi connectivity index (χ1v) is 9.57. The van der Waals surface area contributed by atoms with Crippen LogP contribution < -0.4 is 5.32 Å². The van der Waals surface area contributed by atoms with Crippen LogP contribution in [0.15, 0.2) is 54.5 Å². The third-order valence-electron chi connectivity index (χ3n) is 3.88. The molecule has 2 heterocycles. The minimum atomic E-state index is -0.00959. The number of piperidine rings is 1. The summed E-state index contributed by atoms with van der Waals surface area (Å²) in [6.07, 6.45) is 5.46. The lowest BCUT2D eigenvalue weighted by molar-refractivity contribution is -0.0434. The number of aryl methyl sites for hydroxylation is 1. The summed E-state index contributed by atoms with van der Waals surface area (Å²) in [6.45, 7) is 16.9. The van der Waals surface area contributed by atoms with Gasteiger partial charge in [-0.1, -0.05) is 56.9 Å². The van der Waals surface area contributed by atoms with Gasteiger partial charge < -0.3 is 4.74 Å². The van der Waals surface area contributed by atoms with Gasteiger partial charge in [0.25, 0.3) is 0 Å². The minimum absolute atomic E-state index is 0.00959. The van der Waals surface area contributed by atoms with E-state index in [2.05, 4.69) is 54.0 Å². The average molecular weight is 349 g/mol. The monoisotopic (exact) mass is 348 g/mol. The van der Waals surface area contributed by atoms with Crippen molar-refractivity contribution < 1.29 is 4.74 Å². The number of hydrogen-bond acceptors (Lipinski definition) is 4. The van der Waals surface area contributed by atoms with Gasteiger partial charge in [0, 0.05) is 37.4 Å². The number of nitrogens with zero attached hydrogens (tertiary/aromatic N) is 1. The molecule has 1 aromatic rings. The fourth-order valence-corrected chi connectivity index (χ4v) is 3.51. The molecular formula is C20H32N2OS. The van der Waals surface area contributed by atoms with Gasteiger partial charge in [-0.15, -0.1) is 0 Å². The maximum absolute atomic E-state index is 5.85. The van der Waals surface area contributed by atoms with Crippen molar-refractivity contribution in [2.24, 2.45) is 0 Å². The highest BCUT2D eigenvalue weighted by Crippen LogP contribution is 2.32. The Morgan fingerprint density at radius 2 is 1.71 bits per heavy atom. The quantitative estimate of drug-likeness (QED) is 0.626. The van der Waals surface area contributed by atoms with Crippen molar-refractivity contribution in [2.45, 2.75) is 44.2 Å². The Labute approximate surface area is 152 Å². The van der Waals surface area contributed by atoms with E-state index in [4.69, 9.17) is 4.74 Å². The molecule has 0 amide bonds. The fourth-order valence-electron chi connectivity index (χ4n) is 2.58. The highest BCUT2D eigenvalue weighted by atomic mass is 32.2. The molecule has 3 rings (SSSR count). The fraction of sp³-hybridized carbons (Fsp3) is 0.500. The lowest BCUT2D eigenvalue weighted by Crippen LogP contribution is -2.49. The number of allylic oxidation sites excluding steroid dienone is 2. The van der Waals surface area contributed by atoms with Gasteiger partial charge in [-0.3, -0.25) is 5.32 Å². The van der Waals surface area contributed by atoms with Gasteiger partial charge in [0.05, 0.1) is 6.61 Å².